The molecule has 1 atom stereocenters. The fraction of sp³-hybridized carbons (Fsp3) is 0.350. The fourth-order valence-electron chi connectivity index (χ4n) is 2.68. The summed E-state index contributed by atoms with van der Waals surface area (Å²) < 4.78 is 7.07. The lowest BCUT2D eigenvalue weighted by atomic mass is 10.00. The number of guanidine groups is 1. The van der Waals surface area contributed by atoms with Gasteiger partial charge in [0.2, 0.25) is 0 Å². The number of hydrogen-bond donors (Lipinski definition) is 3. The van der Waals surface area contributed by atoms with Gasteiger partial charge in [-0.15, -0.1) is 0 Å². The van der Waals surface area contributed by atoms with Crippen LogP contribution >= 0.6 is 0 Å². The molecule has 8 heteroatoms. The van der Waals surface area contributed by atoms with Crippen molar-refractivity contribution in [3.63, 3.8) is 0 Å². The van der Waals surface area contributed by atoms with Crippen molar-refractivity contribution in [2.75, 3.05) is 13.1 Å². The second-order valence-corrected chi connectivity index (χ2v) is 6.77. The Kier molecular flexibility index (Phi) is 6.10. The standard InChI is InChI=1S/C20H26N6O2/c1-4-21-19(23-14-20(2,27)16-11-24-26(3)13-16)22-12-17-10-18(28-25-17)15-8-6-5-7-9-15/h5-11,13,27H,4,12,14H2,1-3H3,(H2,21,22,23). The van der Waals surface area contributed by atoms with Gasteiger partial charge in [0.15, 0.2) is 11.7 Å². The maximum absolute atomic E-state index is 10.7. The molecule has 0 saturated carbocycles. The molecule has 0 fully saturated rings. The molecule has 1 aromatic carbocycles. The molecule has 0 amide bonds. The molecule has 0 aliphatic carbocycles. The van der Waals surface area contributed by atoms with Crippen LogP contribution in [0.5, 0.6) is 0 Å². The first-order chi connectivity index (χ1) is 13.5. The van der Waals surface area contributed by atoms with E-state index in [0.717, 1.165) is 16.8 Å². The molecule has 0 aliphatic rings. The van der Waals surface area contributed by atoms with Crippen LogP contribution in [0.1, 0.15) is 25.1 Å². The Morgan fingerprint density at radius 1 is 1.29 bits per heavy atom. The van der Waals surface area contributed by atoms with Crippen molar-refractivity contribution in [3.8, 4) is 11.3 Å². The summed E-state index contributed by atoms with van der Waals surface area (Å²) in [6.45, 7) is 5.08. The SMILES string of the molecule is CCNC(=NCc1cc(-c2ccccc2)on1)NCC(C)(O)c1cnn(C)c1. The van der Waals surface area contributed by atoms with Gasteiger partial charge in [-0.05, 0) is 13.8 Å². The lowest BCUT2D eigenvalue weighted by Gasteiger charge is -2.23. The van der Waals surface area contributed by atoms with Crippen LogP contribution in [0.4, 0.5) is 0 Å². The van der Waals surface area contributed by atoms with Crippen molar-refractivity contribution >= 4 is 5.96 Å². The maximum Gasteiger partial charge on any atom is 0.191 e. The van der Waals surface area contributed by atoms with Gasteiger partial charge in [-0.3, -0.25) is 4.68 Å². The summed E-state index contributed by atoms with van der Waals surface area (Å²) in [5.74, 6) is 1.30. The van der Waals surface area contributed by atoms with E-state index in [1.54, 1.807) is 24.0 Å². The predicted octanol–water partition coefficient (Wildman–Crippen LogP) is 2.04. The Morgan fingerprint density at radius 3 is 2.75 bits per heavy atom. The van der Waals surface area contributed by atoms with Crippen LogP contribution in [0.15, 0.2) is 58.3 Å². The Morgan fingerprint density at radius 2 is 2.07 bits per heavy atom. The summed E-state index contributed by atoms with van der Waals surface area (Å²) in [6, 6.07) is 11.7. The first-order valence-electron chi connectivity index (χ1n) is 9.22. The van der Waals surface area contributed by atoms with Crippen LogP contribution in [0, 0.1) is 0 Å². The lowest BCUT2D eigenvalue weighted by molar-refractivity contribution is 0.0616. The van der Waals surface area contributed by atoms with E-state index in [9.17, 15) is 5.11 Å². The second-order valence-electron chi connectivity index (χ2n) is 6.77. The van der Waals surface area contributed by atoms with Crippen molar-refractivity contribution in [2.24, 2.45) is 12.0 Å². The van der Waals surface area contributed by atoms with Gasteiger partial charge < -0.3 is 20.3 Å². The summed E-state index contributed by atoms with van der Waals surface area (Å²) in [7, 11) is 1.82. The van der Waals surface area contributed by atoms with E-state index in [1.807, 2.05) is 50.4 Å². The molecule has 0 aliphatic heterocycles. The molecule has 0 radical (unpaired) electrons. The topological polar surface area (TPSA) is 100 Å². The zero-order valence-electron chi connectivity index (χ0n) is 16.4. The lowest BCUT2D eigenvalue weighted by Crippen LogP contribution is -2.44. The number of nitrogens with zero attached hydrogens (tertiary/aromatic N) is 4. The molecule has 148 valence electrons. The molecule has 1 unspecified atom stereocenters. The Balaban J connectivity index is 1.63. The first kappa shape index (κ1) is 19.6. The van der Waals surface area contributed by atoms with Crippen LogP contribution in [-0.2, 0) is 19.2 Å². The molecule has 3 N–H and O–H groups in total. The molecule has 2 aromatic heterocycles. The van der Waals surface area contributed by atoms with Crippen molar-refractivity contribution in [1.29, 1.82) is 0 Å². The van der Waals surface area contributed by atoms with E-state index in [1.165, 1.54) is 0 Å². The summed E-state index contributed by atoms with van der Waals surface area (Å²) in [6.07, 6.45) is 3.46. The van der Waals surface area contributed by atoms with Gasteiger partial charge in [0.05, 0.1) is 19.3 Å². The molecular weight excluding hydrogens is 356 g/mol. The number of aromatic nitrogens is 3. The highest BCUT2D eigenvalue weighted by molar-refractivity contribution is 5.79. The molecule has 0 spiro atoms. The number of rotatable bonds is 7. The van der Waals surface area contributed by atoms with Gasteiger partial charge in [0.1, 0.15) is 11.3 Å². The number of aryl methyl sites for hydroxylation is 1. The average molecular weight is 382 g/mol. The van der Waals surface area contributed by atoms with Crippen molar-refractivity contribution in [2.45, 2.75) is 26.0 Å². The van der Waals surface area contributed by atoms with E-state index in [2.05, 4.69) is 25.9 Å². The molecule has 3 rings (SSSR count). The Bertz CT molecular complexity index is 914. The number of benzene rings is 1. The molecule has 3 aromatic rings. The zero-order chi connectivity index (χ0) is 20.0. The van der Waals surface area contributed by atoms with Crippen LogP contribution in [0.3, 0.4) is 0 Å². The normalized spacial score (nSPS) is 13.9. The highest BCUT2D eigenvalue weighted by Crippen LogP contribution is 2.20. The molecule has 0 bridgehead atoms. The number of nitrogens with one attached hydrogen (secondary N) is 2. The minimum absolute atomic E-state index is 0.290. The summed E-state index contributed by atoms with van der Waals surface area (Å²) in [5, 5.41) is 25.2. The number of hydrogen-bond acceptors (Lipinski definition) is 5. The quantitative estimate of drug-likeness (QED) is 0.427. The van der Waals surface area contributed by atoms with Gasteiger partial charge in [-0.1, -0.05) is 35.5 Å². The second kappa shape index (κ2) is 8.71. The fourth-order valence-corrected chi connectivity index (χ4v) is 2.68. The predicted molar refractivity (Wildman–Crippen MR) is 108 cm³/mol. The summed E-state index contributed by atoms with van der Waals surface area (Å²) in [5.41, 5.74) is 1.37. The molecule has 2 heterocycles. The first-order valence-corrected chi connectivity index (χ1v) is 9.22. The van der Waals surface area contributed by atoms with Gasteiger partial charge >= 0.3 is 0 Å². The zero-order valence-corrected chi connectivity index (χ0v) is 16.4. The van der Waals surface area contributed by atoms with Gasteiger partial charge in [0, 0.05) is 37.0 Å². The third kappa shape index (κ3) is 4.98. The highest BCUT2D eigenvalue weighted by atomic mass is 16.5. The van der Waals surface area contributed by atoms with E-state index in [4.69, 9.17) is 4.52 Å². The number of aliphatic imine (C=N–C) groups is 1. The van der Waals surface area contributed by atoms with Crippen LogP contribution < -0.4 is 10.6 Å². The number of aliphatic hydroxyl groups is 1. The molecular formula is C20H26N6O2. The monoisotopic (exact) mass is 382 g/mol. The van der Waals surface area contributed by atoms with Gasteiger partial charge in [-0.2, -0.15) is 5.10 Å². The van der Waals surface area contributed by atoms with E-state index in [-0.39, 0.29) is 0 Å². The van der Waals surface area contributed by atoms with Gasteiger partial charge in [0.25, 0.3) is 0 Å². The largest absolute Gasteiger partial charge is 0.383 e. The van der Waals surface area contributed by atoms with Crippen LogP contribution in [0.25, 0.3) is 11.3 Å². The molecule has 8 nitrogen and oxygen atoms in total. The summed E-state index contributed by atoms with van der Waals surface area (Å²) in [4.78, 5) is 4.53. The third-order valence-corrected chi connectivity index (χ3v) is 4.29. The van der Waals surface area contributed by atoms with E-state index >= 15 is 0 Å². The van der Waals surface area contributed by atoms with Crippen LogP contribution in [0.2, 0.25) is 0 Å². The molecule has 0 saturated heterocycles. The minimum atomic E-state index is -1.07. The van der Waals surface area contributed by atoms with Crippen molar-refractivity contribution < 1.29 is 9.63 Å². The Labute approximate surface area is 164 Å². The van der Waals surface area contributed by atoms with Crippen LogP contribution in [-0.4, -0.2) is 39.1 Å². The molecule has 28 heavy (non-hydrogen) atoms. The Hall–Kier alpha value is -3.13. The van der Waals surface area contributed by atoms with E-state index < -0.39 is 5.60 Å². The van der Waals surface area contributed by atoms with Crippen molar-refractivity contribution in [3.05, 3.63) is 60.0 Å². The third-order valence-electron chi connectivity index (χ3n) is 4.29. The van der Waals surface area contributed by atoms with E-state index in [0.29, 0.717) is 31.4 Å². The minimum Gasteiger partial charge on any atom is -0.383 e. The highest BCUT2D eigenvalue weighted by Gasteiger charge is 2.25. The maximum atomic E-state index is 10.7. The average Bonchev–Trinajstić information content (AvgIpc) is 3.34. The van der Waals surface area contributed by atoms with Gasteiger partial charge in [-0.25, -0.2) is 4.99 Å². The smallest absolute Gasteiger partial charge is 0.191 e. The summed E-state index contributed by atoms with van der Waals surface area (Å²) >= 11 is 0. The van der Waals surface area contributed by atoms with Crippen molar-refractivity contribution in [1.82, 2.24) is 25.6 Å².